The second-order valence-corrected chi connectivity index (χ2v) is 4.40. The molecule has 0 radical (unpaired) electrons. The fourth-order valence-corrected chi connectivity index (χ4v) is 1.72. The van der Waals surface area contributed by atoms with Crippen molar-refractivity contribution >= 4 is 11.5 Å². The van der Waals surface area contributed by atoms with E-state index in [0.29, 0.717) is 36.1 Å². The van der Waals surface area contributed by atoms with Crippen LogP contribution in [0.25, 0.3) is 0 Å². The molecule has 8 heteroatoms. The Morgan fingerprint density at radius 1 is 1.50 bits per heavy atom. The minimum absolute atomic E-state index is 0.00760. The maximum atomic E-state index is 10.7. The third-order valence-electron chi connectivity index (χ3n) is 2.86. The van der Waals surface area contributed by atoms with Gasteiger partial charge in [-0.25, -0.2) is 4.98 Å². The molecule has 0 aromatic carbocycles. The monoisotopic (exact) mass is 277 g/mol. The Balaban J connectivity index is 2.14. The Kier molecular flexibility index (Phi) is 3.92. The summed E-state index contributed by atoms with van der Waals surface area (Å²) in [5, 5.41) is 14.6. The lowest BCUT2D eigenvalue weighted by Crippen LogP contribution is -2.18. The highest BCUT2D eigenvalue weighted by molar-refractivity contribution is 5.48. The van der Waals surface area contributed by atoms with E-state index in [4.69, 9.17) is 4.52 Å². The Hall–Kier alpha value is -2.51. The molecule has 106 valence electrons. The summed E-state index contributed by atoms with van der Waals surface area (Å²) in [4.78, 5) is 20.4. The van der Waals surface area contributed by atoms with E-state index in [1.54, 1.807) is 17.9 Å². The summed E-state index contributed by atoms with van der Waals surface area (Å²) in [6.45, 7) is 4.02. The van der Waals surface area contributed by atoms with Crippen LogP contribution in [-0.2, 0) is 13.0 Å². The fraction of sp³-hybridized carbons (Fsp3) is 0.417. The Labute approximate surface area is 115 Å². The summed E-state index contributed by atoms with van der Waals surface area (Å²) >= 11 is 0. The number of hydrogen-bond acceptors (Lipinski definition) is 7. The van der Waals surface area contributed by atoms with E-state index in [1.807, 2.05) is 14.0 Å². The van der Waals surface area contributed by atoms with Crippen molar-refractivity contribution < 1.29 is 9.45 Å². The molecule has 20 heavy (non-hydrogen) atoms. The van der Waals surface area contributed by atoms with Crippen LogP contribution in [0.1, 0.15) is 24.2 Å². The number of hydrogen-bond donors (Lipinski definition) is 0. The molecular weight excluding hydrogens is 262 g/mol. The Morgan fingerprint density at radius 2 is 2.25 bits per heavy atom. The molecule has 2 aromatic rings. The highest BCUT2D eigenvalue weighted by Gasteiger charge is 2.15. The molecule has 2 rings (SSSR count). The van der Waals surface area contributed by atoms with Crippen LogP contribution in [-0.4, -0.2) is 27.1 Å². The zero-order valence-electron chi connectivity index (χ0n) is 11.5. The van der Waals surface area contributed by atoms with E-state index in [0.717, 1.165) is 0 Å². The molecule has 2 heterocycles. The molecular formula is C12H15N5O3. The first-order valence-corrected chi connectivity index (χ1v) is 6.15. The highest BCUT2D eigenvalue weighted by atomic mass is 16.6. The second-order valence-electron chi connectivity index (χ2n) is 4.40. The van der Waals surface area contributed by atoms with Gasteiger partial charge in [0.1, 0.15) is 12.0 Å². The molecule has 0 saturated heterocycles. The summed E-state index contributed by atoms with van der Waals surface area (Å²) in [6, 6.07) is 1.66. The van der Waals surface area contributed by atoms with E-state index in [9.17, 15) is 10.1 Å². The van der Waals surface area contributed by atoms with Crippen LogP contribution in [0.4, 0.5) is 11.5 Å². The van der Waals surface area contributed by atoms with Crippen molar-refractivity contribution in [2.45, 2.75) is 26.8 Å². The van der Waals surface area contributed by atoms with Crippen molar-refractivity contribution in [2.75, 3.05) is 11.9 Å². The van der Waals surface area contributed by atoms with Crippen LogP contribution in [0.2, 0.25) is 0 Å². The first-order valence-electron chi connectivity index (χ1n) is 6.15. The van der Waals surface area contributed by atoms with Crippen LogP contribution in [0.3, 0.4) is 0 Å². The number of anilines is 1. The SMILES string of the molecule is CCc1noc(CN(C)c2cc(C)c([N+](=O)[O-])cn2)n1. The number of aryl methyl sites for hydroxylation is 2. The van der Waals surface area contributed by atoms with E-state index in [1.165, 1.54) is 6.20 Å². The van der Waals surface area contributed by atoms with Gasteiger partial charge in [-0.3, -0.25) is 10.1 Å². The molecule has 0 amide bonds. The minimum Gasteiger partial charge on any atom is -0.350 e. The lowest BCUT2D eigenvalue weighted by Gasteiger charge is -2.15. The van der Waals surface area contributed by atoms with Crippen molar-refractivity contribution in [1.29, 1.82) is 0 Å². The molecule has 0 atom stereocenters. The van der Waals surface area contributed by atoms with Crippen molar-refractivity contribution in [3.8, 4) is 0 Å². The first-order chi connectivity index (χ1) is 9.51. The topological polar surface area (TPSA) is 98.2 Å². The van der Waals surface area contributed by atoms with Gasteiger partial charge in [0.15, 0.2) is 5.82 Å². The van der Waals surface area contributed by atoms with Crippen molar-refractivity contribution in [1.82, 2.24) is 15.1 Å². The number of nitrogens with zero attached hydrogens (tertiary/aromatic N) is 5. The average Bonchev–Trinajstić information content (AvgIpc) is 2.85. The predicted molar refractivity (Wildman–Crippen MR) is 71.4 cm³/mol. The molecule has 0 N–H and O–H groups in total. The van der Waals surface area contributed by atoms with E-state index in [2.05, 4.69) is 15.1 Å². The van der Waals surface area contributed by atoms with Crippen LogP contribution < -0.4 is 4.90 Å². The fourth-order valence-electron chi connectivity index (χ4n) is 1.72. The lowest BCUT2D eigenvalue weighted by molar-refractivity contribution is -0.385. The first kappa shape index (κ1) is 13.9. The summed E-state index contributed by atoms with van der Waals surface area (Å²) in [5.74, 6) is 1.76. The molecule has 0 aliphatic rings. The number of rotatable bonds is 5. The second kappa shape index (κ2) is 5.64. The third-order valence-corrected chi connectivity index (χ3v) is 2.86. The van der Waals surface area contributed by atoms with Crippen LogP contribution in [0, 0.1) is 17.0 Å². The molecule has 0 bridgehead atoms. The summed E-state index contributed by atoms with van der Waals surface area (Å²) < 4.78 is 5.10. The van der Waals surface area contributed by atoms with Gasteiger partial charge in [0.25, 0.3) is 5.69 Å². The van der Waals surface area contributed by atoms with Gasteiger partial charge >= 0.3 is 0 Å². The van der Waals surface area contributed by atoms with Gasteiger partial charge in [0, 0.05) is 19.0 Å². The van der Waals surface area contributed by atoms with Crippen molar-refractivity contribution in [2.24, 2.45) is 0 Å². The van der Waals surface area contributed by atoms with E-state index < -0.39 is 4.92 Å². The Morgan fingerprint density at radius 3 is 2.80 bits per heavy atom. The normalized spacial score (nSPS) is 10.6. The van der Waals surface area contributed by atoms with Gasteiger partial charge in [0.05, 0.1) is 11.5 Å². The molecule has 0 aliphatic heterocycles. The largest absolute Gasteiger partial charge is 0.350 e. The summed E-state index contributed by atoms with van der Waals surface area (Å²) in [7, 11) is 1.81. The molecule has 2 aromatic heterocycles. The maximum absolute atomic E-state index is 10.7. The minimum atomic E-state index is -0.447. The highest BCUT2D eigenvalue weighted by Crippen LogP contribution is 2.21. The van der Waals surface area contributed by atoms with Gasteiger partial charge < -0.3 is 9.42 Å². The molecule has 0 fully saturated rings. The number of nitro groups is 1. The van der Waals surface area contributed by atoms with Crippen LogP contribution in [0.5, 0.6) is 0 Å². The molecule has 8 nitrogen and oxygen atoms in total. The van der Waals surface area contributed by atoms with Gasteiger partial charge in [-0.2, -0.15) is 4.98 Å². The number of aromatic nitrogens is 3. The molecule has 0 spiro atoms. The predicted octanol–water partition coefficient (Wildman–Crippen LogP) is 1.88. The summed E-state index contributed by atoms with van der Waals surface area (Å²) in [5.41, 5.74) is 0.569. The van der Waals surface area contributed by atoms with E-state index >= 15 is 0 Å². The zero-order valence-corrected chi connectivity index (χ0v) is 11.5. The quantitative estimate of drug-likeness (QED) is 0.607. The van der Waals surface area contributed by atoms with Crippen molar-refractivity contribution in [3.05, 3.63) is 39.7 Å². The molecule has 0 aliphatic carbocycles. The maximum Gasteiger partial charge on any atom is 0.290 e. The van der Waals surface area contributed by atoms with Crippen LogP contribution in [0.15, 0.2) is 16.8 Å². The van der Waals surface area contributed by atoms with E-state index in [-0.39, 0.29) is 5.69 Å². The average molecular weight is 277 g/mol. The van der Waals surface area contributed by atoms with Gasteiger partial charge in [-0.05, 0) is 13.0 Å². The van der Waals surface area contributed by atoms with Crippen LogP contribution >= 0.6 is 0 Å². The van der Waals surface area contributed by atoms with Gasteiger partial charge in [-0.15, -0.1) is 0 Å². The lowest BCUT2D eigenvalue weighted by atomic mass is 10.2. The standard InChI is InChI=1S/C12H15N5O3/c1-4-10-14-12(20-15-10)7-16(3)11-5-8(2)9(6-13-11)17(18)19/h5-6H,4,7H2,1-3H3. The van der Waals surface area contributed by atoms with Gasteiger partial charge in [0.2, 0.25) is 5.89 Å². The van der Waals surface area contributed by atoms with Gasteiger partial charge in [-0.1, -0.05) is 12.1 Å². The van der Waals surface area contributed by atoms with Crippen molar-refractivity contribution in [3.63, 3.8) is 0 Å². The smallest absolute Gasteiger partial charge is 0.290 e. The number of pyridine rings is 1. The third kappa shape index (κ3) is 2.90. The zero-order chi connectivity index (χ0) is 14.7. The summed E-state index contributed by atoms with van der Waals surface area (Å²) in [6.07, 6.45) is 1.97. The Bertz CT molecular complexity index is 625. The molecule has 0 unspecified atom stereocenters. The molecule has 0 saturated carbocycles.